The molecule has 0 aromatic heterocycles. The van der Waals surface area contributed by atoms with Gasteiger partial charge in [-0.1, -0.05) is 26.0 Å². The van der Waals surface area contributed by atoms with Gasteiger partial charge in [0.15, 0.2) is 0 Å². The van der Waals surface area contributed by atoms with Crippen LogP contribution in [0.3, 0.4) is 0 Å². The zero-order valence-corrected chi connectivity index (χ0v) is 15.4. The smallest absolute Gasteiger partial charge is 0.409 e. The molecule has 0 N–H and O–H groups in total. The second-order valence-corrected chi connectivity index (χ2v) is 8.31. The van der Waals surface area contributed by atoms with Crippen molar-refractivity contribution in [3.05, 3.63) is 12.2 Å². The quantitative estimate of drug-likeness (QED) is 0.729. The van der Waals surface area contributed by atoms with Crippen LogP contribution in [0.25, 0.3) is 0 Å². The van der Waals surface area contributed by atoms with E-state index in [0.717, 1.165) is 19.4 Å². The Morgan fingerprint density at radius 1 is 1.32 bits per heavy atom. The van der Waals surface area contributed by atoms with Gasteiger partial charge in [0.1, 0.15) is 18.8 Å². The van der Waals surface area contributed by atoms with E-state index in [9.17, 15) is 4.79 Å². The van der Waals surface area contributed by atoms with Crippen LogP contribution in [0.4, 0.5) is 4.79 Å². The average Bonchev–Trinajstić information content (AvgIpc) is 3.24. The molecule has 4 atom stereocenters. The number of hydrogen-bond donors (Lipinski definition) is 0. The van der Waals surface area contributed by atoms with Gasteiger partial charge in [-0.15, -0.1) is 0 Å². The van der Waals surface area contributed by atoms with Crippen molar-refractivity contribution >= 4 is 6.09 Å². The summed E-state index contributed by atoms with van der Waals surface area (Å²) in [6.45, 7) is 12.6. The van der Waals surface area contributed by atoms with E-state index in [1.165, 1.54) is 12.0 Å². The van der Waals surface area contributed by atoms with Crippen molar-refractivity contribution < 1.29 is 19.0 Å². The van der Waals surface area contributed by atoms with Gasteiger partial charge in [-0.2, -0.15) is 0 Å². The molecule has 0 radical (unpaired) electrons. The van der Waals surface area contributed by atoms with Crippen molar-refractivity contribution in [3.8, 4) is 0 Å². The first kappa shape index (κ1) is 17.3. The number of nitrogens with zero attached hydrogens (tertiary/aromatic N) is 2. The predicted molar refractivity (Wildman–Crippen MR) is 93.5 cm³/mol. The second-order valence-electron chi connectivity index (χ2n) is 8.31. The fourth-order valence-corrected chi connectivity index (χ4v) is 5.15. The van der Waals surface area contributed by atoms with Crippen LogP contribution >= 0.6 is 0 Å². The third kappa shape index (κ3) is 2.98. The Kier molecular flexibility index (Phi) is 4.54. The Bertz CT molecular complexity index is 538. The van der Waals surface area contributed by atoms with Gasteiger partial charge in [-0.3, -0.25) is 4.90 Å². The maximum absolute atomic E-state index is 12.5. The van der Waals surface area contributed by atoms with Gasteiger partial charge in [0, 0.05) is 18.1 Å². The number of amides is 1. The molecule has 4 heterocycles. The van der Waals surface area contributed by atoms with Crippen LogP contribution < -0.4 is 0 Å². The molecule has 4 saturated heterocycles. The molecule has 0 aromatic rings. The molecule has 4 aliphatic rings. The molecule has 6 heteroatoms. The molecule has 6 nitrogen and oxygen atoms in total. The van der Waals surface area contributed by atoms with Crippen molar-refractivity contribution in [3.63, 3.8) is 0 Å². The van der Waals surface area contributed by atoms with E-state index in [2.05, 4.69) is 25.3 Å². The maximum atomic E-state index is 12.5. The van der Waals surface area contributed by atoms with Crippen LogP contribution in [0.2, 0.25) is 0 Å². The summed E-state index contributed by atoms with van der Waals surface area (Å²) in [7, 11) is 0. The molecule has 4 rings (SSSR count). The lowest BCUT2D eigenvalue weighted by atomic mass is 9.82. The van der Waals surface area contributed by atoms with Gasteiger partial charge < -0.3 is 19.1 Å². The highest BCUT2D eigenvalue weighted by atomic mass is 16.6. The Morgan fingerprint density at radius 3 is 2.64 bits per heavy atom. The fraction of sp³-hybridized carbons (Fsp3) is 0.842. The van der Waals surface area contributed by atoms with Crippen molar-refractivity contribution in [1.82, 2.24) is 9.80 Å². The highest BCUT2D eigenvalue weighted by molar-refractivity contribution is 5.68. The van der Waals surface area contributed by atoms with E-state index in [1.807, 2.05) is 0 Å². The molecule has 0 saturated carbocycles. The fourth-order valence-electron chi connectivity index (χ4n) is 5.15. The second kappa shape index (κ2) is 6.56. The highest BCUT2D eigenvalue weighted by Crippen LogP contribution is 2.48. The van der Waals surface area contributed by atoms with Gasteiger partial charge in [-0.25, -0.2) is 4.79 Å². The number of fused-ring (bicyclic) bond motifs is 2. The molecule has 140 valence electrons. The lowest BCUT2D eigenvalue weighted by Crippen LogP contribution is -2.47. The third-order valence-electron chi connectivity index (χ3n) is 6.57. The largest absolute Gasteiger partial charge is 0.448 e. The number of carbonyl (C=O) groups excluding carboxylic acids is 1. The van der Waals surface area contributed by atoms with E-state index >= 15 is 0 Å². The van der Waals surface area contributed by atoms with E-state index in [1.54, 1.807) is 4.90 Å². The minimum absolute atomic E-state index is 0.00303. The minimum atomic E-state index is -0.235. The van der Waals surface area contributed by atoms with Gasteiger partial charge in [0.2, 0.25) is 0 Å². The van der Waals surface area contributed by atoms with E-state index in [-0.39, 0.29) is 23.8 Å². The van der Waals surface area contributed by atoms with E-state index < -0.39 is 0 Å². The van der Waals surface area contributed by atoms with Crippen LogP contribution in [0, 0.1) is 5.92 Å². The van der Waals surface area contributed by atoms with Crippen molar-refractivity contribution in [1.29, 1.82) is 0 Å². The summed E-state index contributed by atoms with van der Waals surface area (Å²) in [5, 5.41) is 0. The summed E-state index contributed by atoms with van der Waals surface area (Å²) >= 11 is 0. The van der Waals surface area contributed by atoms with Crippen LogP contribution in [0.5, 0.6) is 0 Å². The van der Waals surface area contributed by atoms with Crippen LogP contribution in [-0.4, -0.2) is 79.1 Å². The Morgan fingerprint density at radius 2 is 2.00 bits per heavy atom. The van der Waals surface area contributed by atoms with Gasteiger partial charge in [0.05, 0.1) is 26.3 Å². The average molecular weight is 350 g/mol. The Hall–Kier alpha value is -1.11. The summed E-state index contributed by atoms with van der Waals surface area (Å²) < 4.78 is 17.0. The zero-order chi connectivity index (χ0) is 17.6. The highest BCUT2D eigenvalue weighted by Gasteiger charge is 2.52. The number of carbonyl (C=O) groups is 1. The van der Waals surface area contributed by atoms with E-state index in [4.69, 9.17) is 14.2 Å². The lowest BCUT2D eigenvalue weighted by Gasteiger charge is -2.38. The van der Waals surface area contributed by atoms with Crippen molar-refractivity contribution in [2.45, 2.75) is 56.9 Å². The number of likely N-dealkylation sites (tertiary alicyclic amines) is 1. The van der Waals surface area contributed by atoms with Crippen LogP contribution in [0.1, 0.15) is 33.1 Å². The summed E-state index contributed by atoms with van der Waals surface area (Å²) in [5.41, 5.74) is 1.53. The molecule has 1 amide bonds. The molecule has 0 aromatic carbocycles. The molecular formula is C19H30N2O4. The van der Waals surface area contributed by atoms with Gasteiger partial charge in [-0.05, 0) is 25.2 Å². The Balaban J connectivity index is 1.33. The maximum Gasteiger partial charge on any atom is 0.409 e. The summed E-state index contributed by atoms with van der Waals surface area (Å²) in [6, 6.07) is 0.308. The zero-order valence-electron chi connectivity index (χ0n) is 15.4. The first-order chi connectivity index (χ1) is 12.0. The van der Waals surface area contributed by atoms with E-state index in [0.29, 0.717) is 44.9 Å². The number of hydrogen-bond acceptors (Lipinski definition) is 5. The first-order valence-electron chi connectivity index (χ1n) is 9.58. The molecule has 4 unspecified atom stereocenters. The van der Waals surface area contributed by atoms with Crippen LogP contribution in [-0.2, 0) is 14.2 Å². The Labute approximate surface area is 150 Å². The lowest BCUT2D eigenvalue weighted by molar-refractivity contribution is -0.116. The minimum Gasteiger partial charge on any atom is -0.448 e. The third-order valence-corrected chi connectivity index (χ3v) is 6.57. The predicted octanol–water partition coefficient (Wildman–Crippen LogP) is 2.04. The molecule has 25 heavy (non-hydrogen) atoms. The molecule has 4 aliphatic heterocycles. The van der Waals surface area contributed by atoms with Crippen LogP contribution in [0.15, 0.2) is 12.2 Å². The normalized spacial score (nSPS) is 38.3. The van der Waals surface area contributed by atoms with Gasteiger partial charge >= 0.3 is 6.09 Å². The molecule has 4 fully saturated rings. The van der Waals surface area contributed by atoms with Crippen molar-refractivity contribution in [2.75, 3.05) is 39.5 Å². The SMILES string of the molecule is C=C1CN2C(COC(=O)N3CC4OCCOC4C3)CCC2(C(C)C)C1. The van der Waals surface area contributed by atoms with Crippen molar-refractivity contribution in [2.24, 2.45) is 5.92 Å². The topological polar surface area (TPSA) is 51.2 Å². The first-order valence-corrected chi connectivity index (χ1v) is 9.58. The van der Waals surface area contributed by atoms with Gasteiger partial charge in [0.25, 0.3) is 0 Å². The monoisotopic (exact) mass is 350 g/mol. The molecule has 0 bridgehead atoms. The summed E-state index contributed by atoms with van der Waals surface area (Å²) in [5.74, 6) is 0.587. The molecular weight excluding hydrogens is 320 g/mol. The number of ether oxygens (including phenoxy) is 3. The summed E-state index contributed by atoms with van der Waals surface area (Å²) in [6.07, 6.45) is 3.12. The standard InChI is InChI=1S/C19H30N2O4/c1-13(2)19-5-4-15(21(19)9-14(3)8-19)12-25-18(22)20-10-16-17(11-20)24-7-6-23-16/h13,15-17H,3-12H2,1-2H3. The molecule has 0 spiro atoms. The molecule has 0 aliphatic carbocycles. The number of rotatable bonds is 3. The summed E-state index contributed by atoms with van der Waals surface area (Å²) in [4.78, 5) is 16.7.